The Morgan fingerprint density at radius 3 is 2.47 bits per heavy atom. The summed E-state index contributed by atoms with van der Waals surface area (Å²) in [5.74, 6) is 0. The molecule has 0 saturated carbocycles. The summed E-state index contributed by atoms with van der Waals surface area (Å²) in [5, 5.41) is 3.21. The molecule has 1 saturated heterocycles. The van der Waals surface area contributed by atoms with Crippen molar-refractivity contribution in [3.8, 4) is 0 Å². The van der Waals surface area contributed by atoms with Crippen LogP contribution in [0.4, 0.5) is 13.2 Å². The van der Waals surface area contributed by atoms with Gasteiger partial charge in [-0.3, -0.25) is 4.90 Å². The lowest BCUT2D eigenvalue weighted by molar-refractivity contribution is -0.154. The highest BCUT2D eigenvalue weighted by molar-refractivity contribution is 4.77. The maximum Gasteiger partial charge on any atom is 0.401 e. The molecule has 114 valence electrons. The highest BCUT2D eigenvalue weighted by Crippen LogP contribution is 2.19. The molecule has 1 aliphatic heterocycles. The van der Waals surface area contributed by atoms with Crippen LogP contribution >= 0.6 is 0 Å². The third-order valence-corrected chi connectivity index (χ3v) is 3.43. The van der Waals surface area contributed by atoms with Crippen LogP contribution in [0.2, 0.25) is 0 Å². The molecule has 2 unspecified atom stereocenters. The van der Waals surface area contributed by atoms with Gasteiger partial charge in [0.2, 0.25) is 0 Å². The minimum atomic E-state index is -4.15. The van der Waals surface area contributed by atoms with Crippen molar-refractivity contribution in [2.24, 2.45) is 0 Å². The zero-order chi connectivity index (χ0) is 14.5. The molecule has 1 N–H and O–H groups in total. The van der Waals surface area contributed by atoms with E-state index in [0.717, 1.165) is 26.0 Å². The molecule has 2 atom stereocenters. The minimum Gasteiger partial charge on any atom is -0.377 e. The van der Waals surface area contributed by atoms with E-state index in [-0.39, 0.29) is 18.2 Å². The fourth-order valence-corrected chi connectivity index (χ4v) is 2.43. The lowest BCUT2D eigenvalue weighted by Gasteiger charge is -2.33. The number of rotatable bonds is 7. The van der Waals surface area contributed by atoms with Gasteiger partial charge in [-0.2, -0.15) is 13.2 Å². The van der Waals surface area contributed by atoms with Crippen LogP contribution in [-0.4, -0.2) is 55.5 Å². The van der Waals surface area contributed by atoms with Gasteiger partial charge in [-0.25, -0.2) is 0 Å². The van der Waals surface area contributed by atoms with Gasteiger partial charge in [0.05, 0.1) is 12.6 Å². The number of nitrogens with one attached hydrogen (secondary N) is 1. The summed E-state index contributed by atoms with van der Waals surface area (Å²) in [5.41, 5.74) is 0. The van der Waals surface area contributed by atoms with Gasteiger partial charge in [-0.05, 0) is 33.6 Å². The largest absolute Gasteiger partial charge is 0.401 e. The molecule has 0 aromatic carbocycles. The standard InChI is InChI=1S/C13H25F3N2O/c1-10(2)18(9-13(14,15)16)11(3)7-17-8-12-5-4-6-19-12/h10-12,17H,4-9H2,1-3H3. The fraction of sp³-hybridized carbons (Fsp3) is 1.00. The number of ether oxygens (including phenoxy) is 1. The van der Waals surface area contributed by atoms with Gasteiger partial charge in [-0.15, -0.1) is 0 Å². The molecule has 0 spiro atoms. The van der Waals surface area contributed by atoms with Gasteiger partial charge in [0.1, 0.15) is 0 Å². The van der Waals surface area contributed by atoms with Crippen LogP contribution in [0.1, 0.15) is 33.6 Å². The summed E-state index contributed by atoms with van der Waals surface area (Å²) in [6.07, 6.45) is -1.80. The third kappa shape index (κ3) is 6.58. The molecule has 1 fully saturated rings. The number of hydrogen-bond donors (Lipinski definition) is 1. The SMILES string of the molecule is CC(C)N(CC(F)(F)F)C(C)CNCC1CCCO1. The summed E-state index contributed by atoms with van der Waals surface area (Å²) < 4.78 is 43.0. The Bertz CT molecular complexity index is 253. The number of alkyl halides is 3. The first-order valence-corrected chi connectivity index (χ1v) is 6.94. The van der Waals surface area contributed by atoms with Crippen molar-refractivity contribution in [1.29, 1.82) is 0 Å². The average Bonchev–Trinajstić information content (AvgIpc) is 2.77. The van der Waals surface area contributed by atoms with Crippen molar-refractivity contribution in [2.75, 3.05) is 26.2 Å². The molecule has 0 aromatic rings. The van der Waals surface area contributed by atoms with Crippen molar-refractivity contribution in [2.45, 2.75) is 58.0 Å². The number of halogens is 3. The fourth-order valence-electron chi connectivity index (χ4n) is 2.43. The van der Waals surface area contributed by atoms with E-state index in [1.54, 1.807) is 13.8 Å². The number of hydrogen-bond acceptors (Lipinski definition) is 3. The number of nitrogens with zero attached hydrogens (tertiary/aromatic N) is 1. The first kappa shape index (κ1) is 16.7. The summed E-state index contributed by atoms with van der Waals surface area (Å²) in [6, 6.07) is -0.274. The van der Waals surface area contributed by atoms with Crippen molar-refractivity contribution < 1.29 is 17.9 Å². The van der Waals surface area contributed by atoms with Gasteiger partial charge < -0.3 is 10.1 Å². The van der Waals surface area contributed by atoms with Gasteiger partial charge in [0.25, 0.3) is 0 Å². The topological polar surface area (TPSA) is 24.5 Å². The second-order valence-corrected chi connectivity index (χ2v) is 5.52. The molecule has 0 radical (unpaired) electrons. The first-order chi connectivity index (χ1) is 8.79. The zero-order valence-electron chi connectivity index (χ0n) is 12.0. The van der Waals surface area contributed by atoms with Crippen molar-refractivity contribution in [3.05, 3.63) is 0 Å². The Morgan fingerprint density at radius 1 is 1.32 bits per heavy atom. The highest BCUT2D eigenvalue weighted by Gasteiger charge is 2.33. The molecule has 0 amide bonds. The quantitative estimate of drug-likeness (QED) is 0.776. The molecule has 0 bridgehead atoms. The van der Waals surface area contributed by atoms with E-state index in [0.29, 0.717) is 6.54 Å². The summed E-state index contributed by atoms with van der Waals surface area (Å²) in [4.78, 5) is 1.47. The lowest BCUT2D eigenvalue weighted by Crippen LogP contribution is -2.49. The van der Waals surface area contributed by atoms with E-state index < -0.39 is 12.7 Å². The Hall–Kier alpha value is -0.330. The molecule has 1 heterocycles. The molecule has 3 nitrogen and oxygen atoms in total. The van der Waals surface area contributed by atoms with Crippen molar-refractivity contribution >= 4 is 0 Å². The van der Waals surface area contributed by atoms with E-state index in [1.165, 1.54) is 4.90 Å². The van der Waals surface area contributed by atoms with Crippen molar-refractivity contribution in [1.82, 2.24) is 10.2 Å². The maximum atomic E-state index is 12.5. The first-order valence-electron chi connectivity index (χ1n) is 6.94. The Labute approximate surface area is 113 Å². The summed E-state index contributed by atoms with van der Waals surface area (Å²) in [7, 11) is 0. The van der Waals surface area contributed by atoms with E-state index in [1.807, 2.05) is 6.92 Å². The zero-order valence-corrected chi connectivity index (χ0v) is 12.0. The molecular formula is C13H25F3N2O. The maximum absolute atomic E-state index is 12.5. The van der Waals surface area contributed by atoms with E-state index in [4.69, 9.17) is 4.74 Å². The second-order valence-electron chi connectivity index (χ2n) is 5.52. The summed E-state index contributed by atoms with van der Waals surface area (Å²) >= 11 is 0. The molecule has 1 rings (SSSR count). The Kier molecular flexibility index (Phi) is 6.56. The monoisotopic (exact) mass is 282 g/mol. The van der Waals surface area contributed by atoms with Crippen LogP contribution < -0.4 is 5.32 Å². The van der Waals surface area contributed by atoms with Gasteiger partial charge in [0.15, 0.2) is 0 Å². The van der Waals surface area contributed by atoms with Crippen LogP contribution in [0.3, 0.4) is 0 Å². The van der Waals surface area contributed by atoms with Crippen LogP contribution in [0, 0.1) is 0 Å². The van der Waals surface area contributed by atoms with Gasteiger partial charge in [0, 0.05) is 31.8 Å². The molecule has 0 aromatic heterocycles. The summed E-state index contributed by atoms with van der Waals surface area (Å²) in [6.45, 7) is 6.64. The Morgan fingerprint density at radius 2 is 2.00 bits per heavy atom. The third-order valence-electron chi connectivity index (χ3n) is 3.43. The van der Waals surface area contributed by atoms with Crippen LogP contribution in [0.15, 0.2) is 0 Å². The van der Waals surface area contributed by atoms with Gasteiger partial charge in [-0.1, -0.05) is 0 Å². The smallest absolute Gasteiger partial charge is 0.377 e. The average molecular weight is 282 g/mol. The van der Waals surface area contributed by atoms with E-state index >= 15 is 0 Å². The normalized spacial score (nSPS) is 22.4. The molecule has 19 heavy (non-hydrogen) atoms. The molecule has 6 heteroatoms. The molecular weight excluding hydrogens is 257 g/mol. The van der Waals surface area contributed by atoms with Crippen LogP contribution in [-0.2, 0) is 4.74 Å². The highest BCUT2D eigenvalue weighted by atomic mass is 19.4. The molecule has 0 aliphatic carbocycles. The van der Waals surface area contributed by atoms with Crippen LogP contribution in [0.5, 0.6) is 0 Å². The molecule has 1 aliphatic rings. The lowest BCUT2D eigenvalue weighted by atomic mass is 10.2. The van der Waals surface area contributed by atoms with E-state index in [2.05, 4.69) is 5.32 Å². The van der Waals surface area contributed by atoms with E-state index in [9.17, 15) is 13.2 Å². The van der Waals surface area contributed by atoms with Gasteiger partial charge >= 0.3 is 6.18 Å². The Balaban J connectivity index is 2.32. The predicted molar refractivity (Wildman–Crippen MR) is 69.2 cm³/mol. The second kappa shape index (κ2) is 7.45. The minimum absolute atomic E-state index is 0.124. The van der Waals surface area contributed by atoms with Crippen molar-refractivity contribution in [3.63, 3.8) is 0 Å². The van der Waals surface area contributed by atoms with Crippen LogP contribution in [0.25, 0.3) is 0 Å². The predicted octanol–water partition coefficient (Wildman–Crippen LogP) is 2.42.